The summed E-state index contributed by atoms with van der Waals surface area (Å²) in [7, 11) is 0. The molecular formula is C19H18FN3O2S. The Labute approximate surface area is 154 Å². The Morgan fingerprint density at radius 1 is 1.31 bits per heavy atom. The fourth-order valence-electron chi connectivity index (χ4n) is 2.47. The molecule has 134 valence electrons. The van der Waals surface area contributed by atoms with Gasteiger partial charge in [-0.15, -0.1) is 16.8 Å². The number of thiophene rings is 1. The van der Waals surface area contributed by atoms with Gasteiger partial charge in [0.1, 0.15) is 5.82 Å². The monoisotopic (exact) mass is 371 g/mol. The number of aryl methyl sites for hydroxylation is 1. The van der Waals surface area contributed by atoms with Crippen molar-refractivity contribution in [3.05, 3.63) is 71.0 Å². The van der Waals surface area contributed by atoms with Gasteiger partial charge >= 0.3 is 0 Å². The highest BCUT2D eigenvalue weighted by molar-refractivity contribution is 7.08. The van der Waals surface area contributed by atoms with Crippen LogP contribution in [0.5, 0.6) is 0 Å². The highest BCUT2D eigenvalue weighted by atomic mass is 32.1. The number of halogens is 1. The van der Waals surface area contributed by atoms with Gasteiger partial charge in [-0.25, -0.2) is 4.39 Å². The number of carbonyl (C=O) groups is 1. The van der Waals surface area contributed by atoms with Crippen LogP contribution in [0.25, 0.3) is 11.5 Å². The number of amides is 1. The Morgan fingerprint density at radius 3 is 2.88 bits per heavy atom. The Morgan fingerprint density at radius 2 is 2.15 bits per heavy atom. The van der Waals surface area contributed by atoms with Crippen LogP contribution >= 0.6 is 11.3 Å². The van der Waals surface area contributed by atoms with E-state index in [9.17, 15) is 9.18 Å². The number of hydrogen-bond acceptors (Lipinski definition) is 5. The summed E-state index contributed by atoms with van der Waals surface area (Å²) in [5.74, 6) is 0.405. The summed E-state index contributed by atoms with van der Waals surface area (Å²) in [6.07, 6.45) is 2.16. The minimum Gasteiger partial charge on any atom is -0.421 e. The van der Waals surface area contributed by atoms with Crippen LogP contribution < -0.4 is 0 Å². The van der Waals surface area contributed by atoms with E-state index in [4.69, 9.17) is 4.42 Å². The minimum atomic E-state index is -0.327. The van der Waals surface area contributed by atoms with E-state index in [1.165, 1.54) is 6.07 Å². The largest absolute Gasteiger partial charge is 0.421 e. The molecule has 0 atom stereocenters. The molecule has 5 nitrogen and oxygen atoms in total. The highest BCUT2D eigenvalue weighted by Gasteiger charge is 2.16. The SMILES string of the molecule is C=CCN(Cc1ccccc1F)C(=O)CCc1nnc(-c2ccsc2)o1. The number of nitrogens with zero attached hydrogens (tertiary/aromatic N) is 3. The van der Waals surface area contributed by atoms with E-state index in [1.54, 1.807) is 40.5 Å². The van der Waals surface area contributed by atoms with Gasteiger partial charge in [0, 0.05) is 42.4 Å². The standard InChI is InChI=1S/C19H18FN3O2S/c1-2-10-23(12-14-5-3-4-6-16(14)20)18(24)8-7-17-21-22-19(25-17)15-9-11-26-13-15/h2-6,9,11,13H,1,7-8,10,12H2. The lowest BCUT2D eigenvalue weighted by Crippen LogP contribution is -2.31. The predicted octanol–water partition coefficient (Wildman–Crippen LogP) is 4.08. The summed E-state index contributed by atoms with van der Waals surface area (Å²) in [6, 6.07) is 8.33. The summed E-state index contributed by atoms with van der Waals surface area (Å²) >= 11 is 1.54. The van der Waals surface area contributed by atoms with Gasteiger partial charge in [-0.3, -0.25) is 4.79 Å². The number of aromatic nitrogens is 2. The zero-order valence-corrected chi connectivity index (χ0v) is 14.9. The van der Waals surface area contributed by atoms with E-state index in [0.717, 1.165) is 5.56 Å². The molecule has 0 saturated heterocycles. The topological polar surface area (TPSA) is 59.2 Å². The molecule has 1 aromatic carbocycles. The van der Waals surface area contributed by atoms with Crippen molar-refractivity contribution in [2.75, 3.05) is 6.54 Å². The molecular weight excluding hydrogens is 353 g/mol. The minimum absolute atomic E-state index is 0.122. The van der Waals surface area contributed by atoms with Crippen molar-refractivity contribution < 1.29 is 13.6 Å². The summed E-state index contributed by atoms with van der Waals surface area (Å²) in [5, 5.41) is 11.8. The van der Waals surface area contributed by atoms with E-state index in [-0.39, 0.29) is 24.7 Å². The van der Waals surface area contributed by atoms with Crippen molar-refractivity contribution in [2.45, 2.75) is 19.4 Å². The molecule has 7 heteroatoms. The molecule has 0 spiro atoms. The third kappa shape index (κ3) is 4.43. The first-order valence-corrected chi connectivity index (χ1v) is 9.08. The lowest BCUT2D eigenvalue weighted by atomic mass is 10.2. The van der Waals surface area contributed by atoms with Gasteiger partial charge in [-0.1, -0.05) is 24.3 Å². The molecule has 0 saturated carbocycles. The third-order valence-electron chi connectivity index (χ3n) is 3.81. The molecule has 0 aliphatic rings. The smallest absolute Gasteiger partial charge is 0.248 e. The third-order valence-corrected chi connectivity index (χ3v) is 4.49. The fraction of sp³-hybridized carbons (Fsp3) is 0.211. The maximum absolute atomic E-state index is 13.8. The second-order valence-corrected chi connectivity index (χ2v) is 6.45. The first kappa shape index (κ1) is 18.0. The summed E-state index contributed by atoms with van der Waals surface area (Å²) in [5.41, 5.74) is 1.34. The Kier molecular flexibility index (Phi) is 5.91. The Balaban J connectivity index is 1.61. The number of benzene rings is 1. The van der Waals surface area contributed by atoms with Gasteiger partial charge < -0.3 is 9.32 Å². The van der Waals surface area contributed by atoms with E-state index >= 15 is 0 Å². The van der Waals surface area contributed by atoms with Crippen LogP contribution in [0.3, 0.4) is 0 Å². The molecule has 0 aliphatic carbocycles. The Bertz CT molecular complexity index is 877. The maximum atomic E-state index is 13.8. The zero-order valence-electron chi connectivity index (χ0n) is 14.1. The number of rotatable bonds is 8. The van der Waals surface area contributed by atoms with Crippen molar-refractivity contribution in [1.29, 1.82) is 0 Å². The van der Waals surface area contributed by atoms with Gasteiger partial charge in [-0.05, 0) is 17.5 Å². The highest BCUT2D eigenvalue weighted by Crippen LogP contribution is 2.21. The normalized spacial score (nSPS) is 10.7. The lowest BCUT2D eigenvalue weighted by molar-refractivity contribution is -0.131. The van der Waals surface area contributed by atoms with Gasteiger partial charge in [0.25, 0.3) is 0 Å². The van der Waals surface area contributed by atoms with E-state index in [0.29, 0.717) is 30.3 Å². The van der Waals surface area contributed by atoms with Crippen molar-refractivity contribution in [3.8, 4) is 11.5 Å². The Hall–Kier alpha value is -2.80. The van der Waals surface area contributed by atoms with Gasteiger partial charge in [0.2, 0.25) is 17.7 Å². The fourth-order valence-corrected chi connectivity index (χ4v) is 3.10. The van der Waals surface area contributed by atoms with Gasteiger partial charge in [-0.2, -0.15) is 11.3 Å². The number of hydrogen-bond donors (Lipinski definition) is 0. The van der Waals surface area contributed by atoms with Crippen LogP contribution in [0.15, 0.2) is 58.2 Å². The second-order valence-electron chi connectivity index (χ2n) is 5.67. The maximum Gasteiger partial charge on any atom is 0.248 e. The van der Waals surface area contributed by atoms with Gasteiger partial charge in [0.15, 0.2) is 0 Å². The first-order chi connectivity index (χ1) is 12.7. The van der Waals surface area contributed by atoms with Crippen LogP contribution in [0.1, 0.15) is 17.9 Å². The van der Waals surface area contributed by atoms with Crippen LogP contribution in [-0.4, -0.2) is 27.5 Å². The van der Waals surface area contributed by atoms with Crippen LogP contribution in [0.4, 0.5) is 4.39 Å². The van der Waals surface area contributed by atoms with Crippen molar-refractivity contribution in [1.82, 2.24) is 15.1 Å². The average molecular weight is 371 g/mol. The lowest BCUT2D eigenvalue weighted by Gasteiger charge is -2.21. The molecule has 0 fully saturated rings. The summed E-state index contributed by atoms with van der Waals surface area (Å²) in [6.45, 7) is 4.21. The quantitative estimate of drug-likeness (QED) is 0.560. The van der Waals surface area contributed by atoms with Crippen molar-refractivity contribution in [3.63, 3.8) is 0 Å². The average Bonchev–Trinajstić information content (AvgIpc) is 3.32. The molecule has 2 aromatic heterocycles. The molecule has 26 heavy (non-hydrogen) atoms. The zero-order chi connectivity index (χ0) is 18.4. The van der Waals surface area contributed by atoms with Crippen LogP contribution in [0.2, 0.25) is 0 Å². The second kappa shape index (κ2) is 8.53. The van der Waals surface area contributed by atoms with E-state index < -0.39 is 0 Å². The van der Waals surface area contributed by atoms with Crippen molar-refractivity contribution >= 4 is 17.2 Å². The predicted molar refractivity (Wildman–Crippen MR) is 97.9 cm³/mol. The van der Waals surface area contributed by atoms with E-state index in [1.807, 2.05) is 16.8 Å². The molecule has 0 unspecified atom stereocenters. The van der Waals surface area contributed by atoms with Gasteiger partial charge in [0.05, 0.1) is 0 Å². The summed E-state index contributed by atoms with van der Waals surface area (Å²) in [4.78, 5) is 14.1. The summed E-state index contributed by atoms with van der Waals surface area (Å²) < 4.78 is 19.4. The molecule has 0 aliphatic heterocycles. The molecule has 3 aromatic rings. The van der Waals surface area contributed by atoms with Crippen LogP contribution in [-0.2, 0) is 17.8 Å². The molecule has 2 heterocycles. The molecule has 1 amide bonds. The van der Waals surface area contributed by atoms with Crippen LogP contribution in [0, 0.1) is 5.82 Å². The molecule has 3 rings (SSSR count). The molecule has 0 radical (unpaired) electrons. The van der Waals surface area contributed by atoms with E-state index in [2.05, 4.69) is 16.8 Å². The van der Waals surface area contributed by atoms with Crippen molar-refractivity contribution in [2.24, 2.45) is 0 Å². The number of carbonyl (C=O) groups excluding carboxylic acids is 1. The molecule has 0 bridgehead atoms. The molecule has 0 N–H and O–H groups in total. The first-order valence-electron chi connectivity index (χ1n) is 8.14.